The number of hydrogen-bond acceptors (Lipinski definition) is 3. The maximum Gasteiger partial charge on any atom is 0.272 e. The van der Waals surface area contributed by atoms with Crippen molar-refractivity contribution in [3.63, 3.8) is 0 Å². The molecule has 1 aliphatic rings. The number of carbonyl (C=O) groups is 1. The van der Waals surface area contributed by atoms with Crippen LogP contribution in [0.15, 0.2) is 18.3 Å². The summed E-state index contributed by atoms with van der Waals surface area (Å²) in [5.41, 5.74) is 7.08. The largest absolute Gasteiger partial charge is 0.334 e. The highest BCUT2D eigenvalue weighted by Crippen LogP contribution is 2.26. The van der Waals surface area contributed by atoms with Crippen molar-refractivity contribution < 1.29 is 4.79 Å². The molecular weight excluding hydrogens is 226 g/mol. The third-order valence-corrected chi connectivity index (χ3v) is 3.59. The van der Waals surface area contributed by atoms with E-state index in [1.807, 2.05) is 24.0 Å². The second-order valence-corrected chi connectivity index (χ2v) is 4.89. The Morgan fingerprint density at radius 1 is 1.56 bits per heavy atom. The lowest BCUT2D eigenvalue weighted by atomic mass is 9.91. The minimum absolute atomic E-state index is 0.0613. The molecule has 1 aromatic rings. The van der Waals surface area contributed by atoms with E-state index in [2.05, 4.69) is 4.98 Å². The van der Waals surface area contributed by atoms with Crippen molar-refractivity contribution in [1.29, 1.82) is 0 Å². The van der Waals surface area contributed by atoms with E-state index >= 15 is 0 Å². The van der Waals surface area contributed by atoms with Crippen LogP contribution in [0.2, 0.25) is 0 Å². The molecule has 0 aliphatic heterocycles. The Labute approximate surface area is 108 Å². The molecule has 4 heteroatoms. The van der Waals surface area contributed by atoms with Gasteiger partial charge in [-0.25, -0.2) is 0 Å². The van der Waals surface area contributed by atoms with Crippen molar-refractivity contribution in [2.45, 2.75) is 38.6 Å². The van der Waals surface area contributed by atoms with Crippen LogP contribution in [0, 0.1) is 6.92 Å². The summed E-state index contributed by atoms with van der Waals surface area (Å²) >= 11 is 0. The lowest BCUT2D eigenvalue weighted by molar-refractivity contribution is 0.0571. The predicted molar refractivity (Wildman–Crippen MR) is 71.3 cm³/mol. The van der Waals surface area contributed by atoms with Crippen LogP contribution in [-0.4, -0.2) is 34.9 Å². The van der Waals surface area contributed by atoms with Crippen LogP contribution >= 0.6 is 0 Å². The molecule has 0 atom stereocenters. The molecule has 1 aliphatic carbocycles. The first kappa shape index (κ1) is 13.0. The molecule has 98 valence electrons. The fraction of sp³-hybridized carbons (Fsp3) is 0.571. The van der Waals surface area contributed by atoms with E-state index < -0.39 is 0 Å². The fourth-order valence-electron chi connectivity index (χ4n) is 2.26. The summed E-state index contributed by atoms with van der Waals surface area (Å²) < 4.78 is 0. The molecule has 1 aromatic heterocycles. The molecule has 1 amide bonds. The molecule has 1 saturated carbocycles. The summed E-state index contributed by atoms with van der Waals surface area (Å²) in [5, 5.41) is 0. The van der Waals surface area contributed by atoms with Crippen LogP contribution < -0.4 is 5.73 Å². The van der Waals surface area contributed by atoms with Gasteiger partial charge in [-0.15, -0.1) is 0 Å². The third-order valence-electron chi connectivity index (χ3n) is 3.59. The zero-order valence-corrected chi connectivity index (χ0v) is 10.9. The first-order valence-corrected chi connectivity index (χ1v) is 6.66. The summed E-state index contributed by atoms with van der Waals surface area (Å²) in [5.74, 6) is 0.0613. The molecule has 4 nitrogen and oxygen atoms in total. The molecule has 0 bridgehead atoms. The SMILES string of the molecule is Cc1cccnc1C(=O)N(CCCN)C1CCC1. The monoisotopic (exact) mass is 247 g/mol. The summed E-state index contributed by atoms with van der Waals surface area (Å²) in [6.45, 7) is 3.30. The average Bonchev–Trinajstić information content (AvgIpc) is 2.32. The number of aromatic nitrogens is 1. The smallest absolute Gasteiger partial charge is 0.272 e. The molecule has 1 fully saturated rings. The maximum atomic E-state index is 12.5. The topological polar surface area (TPSA) is 59.2 Å². The molecule has 2 rings (SSSR count). The van der Waals surface area contributed by atoms with Gasteiger partial charge in [0.1, 0.15) is 5.69 Å². The van der Waals surface area contributed by atoms with Gasteiger partial charge in [-0.3, -0.25) is 9.78 Å². The van der Waals surface area contributed by atoms with Crippen LogP contribution in [0.3, 0.4) is 0 Å². The number of hydrogen-bond donors (Lipinski definition) is 1. The van der Waals surface area contributed by atoms with Gasteiger partial charge in [0.15, 0.2) is 0 Å². The Bertz CT molecular complexity index is 415. The van der Waals surface area contributed by atoms with Crippen molar-refractivity contribution in [3.8, 4) is 0 Å². The van der Waals surface area contributed by atoms with Gasteiger partial charge in [0.2, 0.25) is 0 Å². The maximum absolute atomic E-state index is 12.5. The van der Waals surface area contributed by atoms with Crippen LogP contribution in [0.25, 0.3) is 0 Å². The van der Waals surface area contributed by atoms with Crippen molar-refractivity contribution in [3.05, 3.63) is 29.6 Å². The number of nitrogens with two attached hydrogens (primary N) is 1. The minimum Gasteiger partial charge on any atom is -0.334 e. The third kappa shape index (κ3) is 2.70. The van der Waals surface area contributed by atoms with Crippen LogP contribution in [0.5, 0.6) is 0 Å². The summed E-state index contributed by atoms with van der Waals surface area (Å²) in [6, 6.07) is 4.19. The van der Waals surface area contributed by atoms with Crippen molar-refractivity contribution in [1.82, 2.24) is 9.88 Å². The highest BCUT2D eigenvalue weighted by Gasteiger charge is 2.29. The normalized spacial score (nSPS) is 15.2. The Hall–Kier alpha value is -1.42. The first-order chi connectivity index (χ1) is 8.74. The van der Waals surface area contributed by atoms with Crippen molar-refractivity contribution in [2.24, 2.45) is 5.73 Å². The lowest BCUT2D eigenvalue weighted by Crippen LogP contribution is -2.45. The summed E-state index contributed by atoms with van der Waals surface area (Å²) in [6.07, 6.45) is 5.99. The van der Waals surface area contributed by atoms with Crippen LogP contribution in [-0.2, 0) is 0 Å². The van der Waals surface area contributed by atoms with Gasteiger partial charge in [-0.2, -0.15) is 0 Å². The van der Waals surface area contributed by atoms with Gasteiger partial charge in [-0.05, 0) is 50.8 Å². The van der Waals surface area contributed by atoms with E-state index in [4.69, 9.17) is 5.73 Å². The van der Waals surface area contributed by atoms with E-state index in [-0.39, 0.29) is 5.91 Å². The molecule has 0 aromatic carbocycles. The molecule has 0 saturated heterocycles. The van der Waals surface area contributed by atoms with E-state index in [0.29, 0.717) is 18.3 Å². The quantitative estimate of drug-likeness (QED) is 0.862. The summed E-state index contributed by atoms with van der Waals surface area (Å²) in [4.78, 5) is 18.7. The molecule has 0 spiro atoms. The second kappa shape index (κ2) is 5.96. The number of pyridine rings is 1. The Morgan fingerprint density at radius 2 is 2.33 bits per heavy atom. The standard InChI is InChI=1S/C14H21N3O/c1-11-5-3-9-16-13(11)14(18)17(10-4-8-15)12-6-2-7-12/h3,5,9,12H,2,4,6-8,10,15H2,1H3. The Morgan fingerprint density at radius 3 is 2.89 bits per heavy atom. The van der Waals surface area contributed by atoms with Gasteiger partial charge in [0.05, 0.1) is 0 Å². The number of amides is 1. The highest BCUT2D eigenvalue weighted by atomic mass is 16.2. The average molecular weight is 247 g/mol. The van der Waals surface area contributed by atoms with Gasteiger partial charge in [0, 0.05) is 18.8 Å². The van der Waals surface area contributed by atoms with E-state index in [1.165, 1.54) is 6.42 Å². The number of carbonyl (C=O) groups excluding carboxylic acids is 1. The zero-order valence-electron chi connectivity index (χ0n) is 10.9. The Kier molecular flexibility index (Phi) is 4.31. The van der Waals surface area contributed by atoms with E-state index in [1.54, 1.807) is 6.20 Å². The fourth-order valence-corrected chi connectivity index (χ4v) is 2.26. The first-order valence-electron chi connectivity index (χ1n) is 6.66. The van der Waals surface area contributed by atoms with Gasteiger partial charge in [-0.1, -0.05) is 6.07 Å². The molecule has 2 N–H and O–H groups in total. The zero-order chi connectivity index (χ0) is 13.0. The summed E-state index contributed by atoms with van der Waals surface area (Å²) in [7, 11) is 0. The van der Waals surface area contributed by atoms with Crippen LogP contribution in [0.1, 0.15) is 41.7 Å². The second-order valence-electron chi connectivity index (χ2n) is 4.89. The van der Waals surface area contributed by atoms with Gasteiger partial charge < -0.3 is 10.6 Å². The number of rotatable bonds is 5. The van der Waals surface area contributed by atoms with Gasteiger partial charge in [0.25, 0.3) is 5.91 Å². The van der Waals surface area contributed by atoms with E-state index in [9.17, 15) is 4.79 Å². The highest BCUT2D eigenvalue weighted by molar-refractivity contribution is 5.93. The molecule has 18 heavy (non-hydrogen) atoms. The number of nitrogens with zero attached hydrogens (tertiary/aromatic N) is 2. The minimum atomic E-state index is 0.0613. The predicted octanol–water partition coefficient (Wildman–Crippen LogP) is 1.73. The molecule has 1 heterocycles. The molecule has 0 unspecified atom stereocenters. The Balaban J connectivity index is 2.14. The molecular formula is C14H21N3O. The van der Waals surface area contributed by atoms with Crippen molar-refractivity contribution >= 4 is 5.91 Å². The van der Waals surface area contributed by atoms with Crippen molar-refractivity contribution in [2.75, 3.05) is 13.1 Å². The number of aryl methyl sites for hydroxylation is 1. The van der Waals surface area contributed by atoms with Crippen LogP contribution in [0.4, 0.5) is 0 Å². The lowest BCUT2D eigenvalue weighted by Gasteiger charge is -2.37. The van der Waals surface area contributed by atoms with E-state index in [0.717, 1.165) is 31.4 Å². The molecule has 0 radical (unpaired) electrons. The van der Waals surface area contributed by atoms with Gasteiger partial charge >= 0.3 is 0 Å².